The van der Waals surface area contributed by atoms with Crippen molar-refractivity contribution in [1.29, 1.82) is 0 Å². The highest BCUT2D eigenvalue weighted by atomic mass is 35.5. The number of pyridine rings is 1. The minimum absolute atomic E-state index is 0.743. The highest BCUT2D eigenvalue weighted by Crippen LogP contribution is 2.23. The van der Waals surface area contributed by atoms with Gasteiger partial charge in [-0.15, -0.1) is 0 Å². The fourth-order valence-corrected chi connectivity index (χ4v) is 2.09. The van der Waals surface area contributed by atoms with E-state index >= 15 is 0 Å². The number of aromatic amines is 1. The van der Waals surface area contributed by atoms with Crippen molar-refractivity contribution in [2.24, 2.45) is 0 Å². The molecule has 0 aliphatic heterocycles. The lowest BCUT2D eigenvalue weighted by atomic mass is 10.1. The topological polar surface area (TPSA) is 28.7 Å². The third-order valence-electron chi connectivity index (χ3n) is 2.82. The SMILES string of the molecule is Clc1ccc2c(/C=C/c3cccnc3)c[nH]c2c1. The molecule has 18 heavy (non-hydrogen) atoms. The van der Waals surface area contributed by atoms with Gasteiger partial charge in [0.2, 0.25) is 0 Å². The first-order valence-corrected chi connectivity index (χ1v) is 6.05. The summed E-state index contributed by atoms with van der Waals surface area (Å²) in [4.78, 5) is 7.30. The minimum atomic E-state index is 0.743. The highest BCUT2D eigenvalue weighted by molar-refractivity contribution is 6.31. The molecular formula is C15H11ClN2. The van der Waals surface area contributed by atoms with Crippen molar-refractivity contribution in [2.45, 2.75) is 0 Å². The van der Waals surface area contributed by atoms with Crippen molar-refractivity contribution in [3.8, 4) is 0 Å². The molecule has 3 rings (SSSR count). The Morgan fingerprint density at radius 1 is 1.17 bits per heavy atom. The van der Waals surface area contributed by atoms with Crippen LogP contribution < -0.4 is 0 Å². The van der Waals surface area contributed by atoms with Crippen molar-refractivity contribution in [1.82, 2.24) is 9.97 Å². The number of benzene rings is 1. The summed E-state index contributed by atoms with van der Waals surface area (Å²) in [6.07, 6.45) is 9.70. The van der Waals surface area contributed by atoms with Crippen LogP contribution in [0.2, 0.25) is 5.02 Å². The summed E-state index contributed by atoms with van der Waals surface area (Å²) in [5, 5.41) is 1.91. The molecule has 0 unspecified atom stereocenters. The van der Waals surface area contributed by atoms with Crippen LogP contribution in [-0.2, 0) is 0 Å². The van der Waals surface area contributed by atoms with Gasteiger partial charge in [-0.3, -0.25) is 4.98 Å². The van der Waals surface area contributed by atoms with Crippen LogP contribution in [0.25, 0.3) is 23.1 Å². The number of hydrogen-bond acceptors (Lipinski definition) is 1. The van der Waals surface area contributed by atoms with Gasteiger partial charge in [0.15, 0.2) is 0 Å². The average molecular weight is 255 g/mol. The molecular weight excluding hydrogens is 244 g/mol. The van der Waals surface area contributed by atoms with Crippen LogP contribution in [-0.4, -0.2) is 9.97 Å². The Kier molecular flexibility index (Phi) is 2.87. The maximum absolute atomic E-state index is 5.95. The van der Waals surface area contributed by atoms with Crippen LogP contribution in [0.1, 0.15) is 11.1 Å². The van der Waals surface area contributed by atoms with Crippen LogP contribution in [0.4, 0.5) is 0 Å². The molecule has 1 aromatic carbocycles. The van der Waals surface area contributed by atoms with Crippen molar-refractivity contribution in [3.63, 3.8) is 0 Å². The lowest BCUT2D eigenvalue weighted by Crippen LogP contribution is -1.73. The van der Waals surface area contributed by atoms with E-state index in [-0.39, 0.29) is 0 Å². The Morgan fingerprint density at radius 3 is 2.94 bits per heavy atom. The fourth-order valence-electron chi connectivity index (χ4n) is 1.92. The van der Waals surface area contributed by atoms with E-state index in [9.17, 15) is 0 Å². The van der Waals surface area contributed by atoms with Crippen molar-refractivity contribution >= 4 is 34.7 Å². The molecule has 0 aliphatic rings. The van der Waals surface area contributed by atoms with Gasteiger partial charge in [-0.2, -0.15) is 0 Å². The second-order valence-electron chi connectivity index (χ2n) is 4.05. The van der Waals surface area contributed by atoms with Crippen LogP contribution in [0.15, 0.2) is 48.9 Å². The zero-order chi connectivity index (χ0) is 12.4. The second kappa shape index (κ2) is 4.67. The van der Waals surface area contributed by atoms with Gasteiger partial charge in [0.05, 0.1) is 0 Å². The van der Waals surface area contributed by atoms with Gasteiger partial charge in [0, 0.05) is 34.5 Å². The zero-order valence-corrected chi connectivity index (χ0v) is 10.4. The van der Waals surface area contributed by atoms with Crippen molar-refractivity contribution in [2.75, 3.05) is 0 Å². The van der Waals surface area contributed by atoms with E-state index in [0.717, 1.165) is 21.7 Å². The average Bonchev–Trinajstić information content (AvgIpc) is 2.80. The number of halogens is 1. The van der Waals surface area contributed by atoms with Gasteiger partial charge < -0.3 is 4.98 Å². The third-order valence-corrected chi connectivity index (χ3v) is 3.05. The Hall–Kier alpha value is -2.06. The summed E-state index contributed by atoms with van der Waals surface area (Å²) in [7, 11) is 0. The Morgan fingerprint density at radius 2 is 2.11 bits per heavy atom. The normalized spacial score (nSPS) is 11.4. The van der Waals surface area contributed by atoms with Crippen LogP contribution in [0, 0.1) is 0 Å². The molecule has 0 fully saturated rings. The van der Waals surface area contributed by atoms with E-state index in [1.165, 1.54) is 5.39 Å². The fraction of sp³-hybridized carbons (Fsp3) is 0. The van der Waals surface area contributed by atoms with Gasteiger partial charge in [0.1, 0.15) is 0 Å². The number of fused-ring (bicyclic) bond motifs is 1. The largest absolute Gasteiger partial charge is 0.361 e. The summed E-state index contributed by atoms with van der Waals surface area (Å²) in [5.74, 6) is 0. The summed E-state index contributed by atoms with van der Waals surface area (Å²) in [5.41, 5.74) is 3.28. The molecule has 88 valence electrons. The predicted octanol–water partition coefficient (Wildman–Crippen LogP) is 4.39. The molecule has 0 radical (unpaired) electrons. The van der Waals surface area contributed by atoms with E-state index in [4.69, 9.17) is 11.6 Å². The van der Waals surface area contributed by atoms with E-state index in [1.54, 1.807) is 6.20 Å². The molecule has 0 spiro atoms. The maximum atomic E-state index is 5.95. The zero-order valence-electron chi connectivity index (χ0n) is 9.60. The molecule has 0 saturated carbocycles. The summed E-state index contributed by atoms with van der Waals surface area (Å²) in [6, 6.07) is 9.80. The quantitative estimate of drug-likeness (QED) is 0.722. The summed E-state index contributed by atoms with van der Waals surface area (Å²) >= 11 is 5.95. The monoisotopic (exact) mass is 254 g/mol. The van der Waals surface area contributed by atoms with E-state index in [2.05, 4.69) is 16.0 Å². The van der Waals surface area contributed by atoms with Gasteiger partial charge in [-0.25, -0.2) is 0 Å². The number of nitrogens with zero attached hydrogens (tertiary/aromatic N) is 1. The smallest absolute Gasteiger partial charge is 0.0475 e. The first-order valence-electron chi connectivity index (χ1n) is 5.68. The van der Waals surface area contributed by atoms with Crippen molar-refractivity contribution in [3.05, 3.63) is 65.1 Å². The molecule has 2 heterocycles. The van der Waals surface area contributed by atoms with Crippen LogP contribution >= 0.6 is 11.6 Å². The number of aromatic nitrogens is 2. The minimum Gasteiger partial charge on any atom is -0.361 e. The van der Waals surface area contributed by atoms with Crippen LogP contribution in [0.3, 0.4) is 0 Å². The van der Waals surface area contributed by atoms with Gasteiger partial charge in [-0.1, -0.05) is 35.9 Å². The number of H-pyrrole nitrogens is 1. The molecule has 3 heteroatoms. The van der Waals surface area contributed by atoms with E-state index in [1.807, 2.05) is 48.8 Å². The number of hydrogen-bond donors (Lipinski definition) is 1. The maximum Gasteiger partial charge on any atom is 0.0475 e. The number of nitrogens with one attached hydrogen (secondary N) is 1. The lowest BCUT2D eigenvalue weighted by molar-refractivity contribution is 1.32. The summed E-state index contributed by atoms with van der Waals surface area (Å²) in [6.45, 7) is 0. The molecule has 2 aromatic heterocycles. The molecule has 0 atom stereocenters. The third kappa shape index (κ3) is 2.15. The van der Waals surface area contributed by atoms with Crippen molar-refractivity contribution < 1.29 is 0 Å². The first kappa shape index (κ1) is 11.1. The molecule has 2 nitrogen and oxygen atoms in total. The predicted molar refractivity (Wildman–Crippen MR) is 76.5 cm³/mol. The molecule has 1 N–H and O–H groups in total. The highest BCUT2D eigenvalue weighted by Gasteiger charge is 2.00. The Bertz CT molecular complexity index is 699. The standard InChI is InChI=1S/C15H11ClN2/c16-13-5-6-14-12(10-18-15(14)8-13)4-3-11-2-1-7-17-9-11/h1-10,18H/b4-3+. The molecule has 3 aromatic rings. The molecule has 0 amide bonds. The van der Waals surface area contributed by atoms with Gasteiger partial charge in [-0.05, 0) is 29.3 Å². The Labute approximate surface area is 110 Å². The van der Waals surface area contributed by atoms with Gasteiger partial charge in [0.25, 0.3) is 0 Å². The summed E-state index contributed by atoms with van der Waals surface area (Å²) < 4.78 is 0. The number of rotatable bonds is 2. The first-order chi connectivity index (χ1) is 8.83. The van der Waals surface area contributed by atoms with Gasteiger partial charge >= 0.3 is 0 Å². The van der Waals surface area contributed by atoms with Crippen LogP contribution in [0.5, 0.6) is 0 Å². The van der Waals surface area contributed by atoms with E-state index < -0.39 is 0 Å². The Balaban J connectivity index is 1.98. The lowest BCUT2D eigenvalue weighted by Gasteiger charge is -1.94. The molecule has 0 aliphatic carbocycles. The second-order valence-corrected chi connectivity index (χ2v) is 4.49. The molecule has 0 saturated heterocycles. The van der Waals surface area contributed by atoms with E-state index in [0.29, 0.717) is 0 Å². The molecule has 0 bridgehead atoms.